The van der Waals surface area contributed by atoms with Crippen molar-refractivity contribution in [2.24, 2.45) is 0 Å². The van der Waals surface area contributed by atoms with Crippen molar-refractivity contribution in [2.45, 2.75) is 6.54 Å². The van der Waals surface area contributed by atoms with Crippen LogP contribution in [0.3, 0.4) is 0 Å². The number of halogens is 1. The lowest BCUT2D eigenvalue weighted by Crippen LogP contribution is -2.17. The van der Waals surface area contributed by atoms with Gasteiger partial charge in [-0.05, 0) is 45.1 Å². The Labute approximate surface area is 112 Å². The van der Waals surface area contributed by atoms with Crippen LogP contribution >= 0.6 is 27.3 Å². The number of nitriles is 1. The molecule has 0 aliphatic carbocycles. The molecule has 17 heavy (non-hydrogen) atoms. The largest absolute Gasteiger partial charge is 0.355 e. The summed E-state index contributed by atoms with van der Waals surface area (Å²) in [7, 11) is 1.99. The first-order chi connectivity index (χ1) is 8.19. The van der Waals surface area contributed by atoms with E-state index in [0.717, 1.165) is 16.1 Å². The van der Waals surface area contributed by atoms with Gasteiger partial charge in [-0.3, -0.25) is 0 Å². The number of pyridine rings is 1. The monoisotopic (exact) mass is 307 g/mol. The third kappa shape index (κ3) is 3.05. The zero-order valence-corrected chi connectivity index (χ0v) is 11.6. The van der Waals surface area contributed by atoms with Gasteiger partial charge in [-0.15, -0.1) is 11.3 Å². The Balaban J connectivity index is 2.09. The van der Waals surface area contributed by atoms with Gasteiger partial charge in [-0.25, -0.2) is 4.98 Å². The number of nitrogens with zero attached hydrogens (tertiary/aromatic N) is 3. The Morgan fingerprint density at radius 3 is 2.88 bits per heavy atom. The van der Waals surface area contributed by atoms with Gasteiger partial charge in [0, 0.05) is 19.8 Å². The van der Waals surface area contributed by atoms with Crippen molar-refractivity contribution < 1.29 is 0 Å². The van der Waals surface area contributed by atoms with Crippen LogP contribution in [0.15, 0.2) is 33.6 Å². The third-order valence-electron chi connectivity index (χ3n) is 2.31. The van der Waals surface area contributed by atoms with Gasteiger partial charge in [0.25, 0.3) is 0 Å². The van der Waals surface area contributed by atoms with Crippen molar-refractivity contribution in [3.05, 3.63) is 44.7 Å². The van der Waals surface area contributed by atoms with Crippen molar-refractivity contribution in [1.29, 1.82) is 5.26 Å². The van der Waals surface area contributed by atoms with E-state index in [4.69, 9.17) is 5.26 Å². The van der Waals surface area contributed by atoms with Crippen molar-refractivity contribution in [3.8, 4) is 6.07 Å². The van der Waals surface area contributed by atoms with Gasteiger partial charge in [-0.1, -0.05) is 0 Å². The predicted octanol–water partition coefficient (Wildman–Crippen LogP) is 3.41. The summed E-state index contributed by atoms with van der Waals surface area (Å²) < 4.78 is 1.13. The number of hydrogen-bond donors (Lipinski definition) is 0. The Hall–Kier alpha value is -1.38. The molecule has 0 aliphatic heterocycles. The van der Waals surface area contributed by atoms with Gasteiger partial charge in [0.2, 0.25) is 0 Å². The fourth-order valence-electron chi connectivity index (χ4n) is 1.46. The van der Waals surface area contributed by atoms with Crippen LogP contribution < -0.4 is 4.90 Å². The Morgan fingerprint density at radius 2 is 2.35 bits per heavy atom. The molecule has 0 N–H and O–H groups in total. The maximum absolute atomic E-state index is 8.70. The van der Waals surface area contributed by atoms with Crippen LogP contribution in [0, 0.1) is 11.3 Å². The molecule has 0 spiro atoms. The van der Waals surface area contributed by atoms with Crippen LogP contribution in [0.5, 0.6) is 0 Å². The number of thiophene rings is 1. The molecule has 3 nitrogen and oxygen atoms in total. The standard InChI is InChI=1S/C12H10BrN3S/c1-16(7-10-4-11(13)17-8-10)12-3-2-9(5-14)6-15-12/h2-4,6,8H,7H2,1H3. The molecule has 5 heteroatoms. The van der Waals surface area contributed by atoms with E-state index in [1.54, 1.807) is 23.6 Å². The summed E-state index contributed by atoms with van der Waals surface area (Å²) in [5.41, 5.74) is 1.83. The van der Waals surface area contributed by atoms with Crippen molar-refractivity contribution in [2.75, 3.05) is 11.9 Å². The zero-order valence-electron chi connectivity index (χ0n) is 9.22. The molecule has 0 saturated carbocycles. The van der Waals surface area contributed by atoms with Crippen molar-refractivity contribution in [3.63, 3.8) is 0 Å². The smallest absolute Gasteiger partial charge is 0.128 e. The van der Waals surface area contributed by atoms with Crippen molar-refractivity contribution in [1.82, 2.24) is 4.98 Å². The first-order valence-electron chi connectivity index (χ1n) is 4.99. The minimum atomic E-state index is 0.584. The number of rotatable bonds is 3. The predicted molar refractivity (Wildman–Crippen MR) is 73.1 cm³/mol. The highest BCUT2D eigenvalue weighted by molar-refractivity contribution is 9.11. The molecule has 2 rings (SSSR count). The topological polar surface area (TPSA) is 39.9 Å². The fraction of sp³-hybridized carbons (Fsp3) is 0.167. The Kier molecular flexibility index (Phi) is 3.77. The first kappa shape index (κ1) is 12.1. The summed E-state index contributed by atoms with van der Waals surface area (Å²) in [5, 5.41) is 10.8. The Bertz CT molecular complexity index is 542. The lowest BCUT2D eigenvalue weighted by atomic mass is 10.3. The van der Waals surface area contributed by atoms with E-state index in [1.165, 1.54) is 5.56 Å². The minimum Gasteiger partial charge on any atom is -0.355 e. The quantitative estimate of drug-likeness (QED) is 0.872. The van der Waals surface area contributed by atoms with Gasteiger partial charge < -0.3 is 4.90 Å². The van der Waals surface area contributed by atoms with Crippen LogP contribution in [0.4, 0.5) is 5.82 Å². The summed E-state index contributed by atoms with van der Waals surface area (Å²) in [6.07, 6.45) is 1.59. The normalized spacial score (nSPS) is 9.94. The van der Waals surface area contributed by atoms with Gasteiger partial charge in [-0.2, -0.15) is 5.26 Å². The van der Waals surface area contributed by atoms with E-state index in [2.05, 4.69) is 43.3 Å². The summed E-state index contributed by atoms with van der Waals surface area (Å²) in [6.45, 7) is 0.807. The molecule has 0 unspecified atom stereocenters. The zero-order chi connectivity index (χ0) is 12.3. The minimum absolute atomic E-state index is 0.584. The number of hydrogen-bond acceptors (Lipinski definition) is 4. The van der Waals surface area contributed by atoms with E-state index in [0.29, 0.717) is 5.56 Å². The van der Waals surface area contributed by atoms with E-state index in [1.807, 2.05) is 13.1 Å². The molecule has 0 saturated heterocycles. The Morgan fingerprint density at radius 1 is 1.53 bits per heavy atom. The van der Waals surface area contributed by atoms with Gasteiger partial charge >= 0.3 is 0 Å². The van der Waals surface area contributed by atoms with Crippen LogP contribution in [0.2, 0.25) is 0 Å². The highest BCUT2D eigenvalue weighted by Gasteiger charge is 2.05. The average Bonchev–Trinajstić information content (AvgIpc) is 2.75. The average molecular weight is 308 g/mol. The van der Waals surface area contributed by atoms with Gasteiger partial charge in [0.05, 0.1) is 9.35 Å². The fourth-order valence-corrected chi connectivity index (χ4v) is 2.66. The molecule has 0 radical (unpaired) electrons. The van der Waals surface area contributed by atoms with Gasteiger partial charge in [0.15, 0.2) is 0 Å². The molecule has 0 aliphatic rings. The molecule has 2 aromatic heterocycles. The van der Waals surface area contributed by atoms with Gasteiger partial charge in [0.1, 0.15) is 11.9 Å². The van der Waals surface area contributed by atoms with Crippen LogP contribution in [-0.4, -0.2) is 12.0 Å². The highest BCUT2D eigenvalue weighted by atomic mass is 79.9. The molecule has 2 aromatic rings. The molecule has 0 fully saturated rings. The first-order valence-corrected chi connectivity index (χ1v) is 6.66. The number of aromatic nitrogens is 1. The molecular formula is C12H10BrN3S. The SMILES string of the molecule is CN(Cc1csc(Br)c1)c1ccc(C#N)cn1. The van der Waals surface area contributed by atoms with E-state index in [9.17, 15) is 0 Å². The van der Waals surface area contributed by atoms with E-state index in [-0.39, 0.29) is 0 Å². The summed E-state index contributed by atoms with van der Waals surface area (Å²) in [5.74, 6) is 0.867. The van der Waals surface area contributed by atoms with E-state index < -0.39 is 0 Å². The lowest BCUT2D eigenvalue weighted by molar-refractivity contribution is 0.901. The van der Waals surface area contributed by atoms with Crippen LogP contribution in [-0.2, 0) is 6.54 Å². The number of anilines is 1. The molecule has 86 valence electrons. The molecule has 0 amide bonds. The maximum atomic E-state index is 8.70. The molecular weight excluding hydrogens is 298 g/mol. The van der Waals surface area contributed by atoms with Crippen molar-refractivity contribution >= 4 is 33.1 Å². The summed E-state index contributed by atoms with van der Waals surface area (Å²) in [6, 6.07) is 7.80. The molecule has 0 aromatic carbocycles. The van der Waals surface area contributed by atoms with Crippen LogP contribution in [0.25, 0.3) is 0 Å². The second kappa shape index (κ2) is 5.30. The molecule has 2 heterocycles. The second-order valence-corrected chi connectivity index (χ2v) is 5.92. The second-order valence-electron chi connectivity index (χ2n) is 3.63. The lowest BCUT2D eigenvalue weighted by Gasteiger charge is -2.17. The summed E-state index contributed by atoms with van der Waals surface area (Å²) >= 11 is 5.12. The molecule has 0 atom stereocenters. The van der Waals surface area contributed by atoms with E-state index >= 15 is 0 Å². The molecule has 0 bridgehead atoms. The third-order valence-corrected chi connectivity index (χ3v) is 3.86. The summed E-state index contributed by atoms with van der Waals surface area (Å²) in [4.78, 5) is 6.30. The van der Waals surface area contributed by atoms with Crippen LogP contribution in [0.1, 0.15) is 11.1 Å². The highest BCUT2D eigenvalue weighted by Crippen LogP contribution is 2.22. The maximum Gasteiger partial charge on any atom is 0.128 e.